The van der Waals surface area contributed by atoms with Gasteiger partial charge in [0.15, 0.2) is 0 Å². The molecule has 0 saturated heterocycles. The van der Waals surface area contributed by atoms with E-state index >= 15 is 0 Å². The van der Waals surface area contributed by atoms with E-state index in [0.29, 0.717) is 11.1 Å². The summed E-state index contributed by atoms with van der Waals surface area (Å²) in [7, 11) is 0. The van der Waals surface area contributed by atoms with Gasteiger partial charge in [-0.2, -0.15) is 10.5 Å². The lowest BCUT2D eigenvalue weighted by molar-refractivity contribution is 1.13. The summed E-state index contributed by atoms with van der Waals surface area (Å²) in [5, 5.41) is 23.5. The van der Waals surface area contributed by atoms with E-state index in [-0.39, 0.29) is 0 Å². The molecule has 0 saturated carbocycles. The summed E-state index contributed by atoms with van der Waals surface area (Å²) >= 11 is 0. The average Bonchev–Trinajstić information content (AvgIpc) is 3.57. The molecule has 194 valence electrons. The first kappa shape index (κ1) is 23.8. The molecular weight excluding hydrogens is 512 g/mol. The first-order valence-corrected chi connectivity index (χ1v) is 13.8. The maximum absolute atomic E-state index is 9.65. The molecule has 0 aliphatic carbocycles. The Morgan fingerprint density at radius 3 is 1.76 bits per heavy atom. The van der Waals surface area contributed by atoms with Crippen molar-refractivity contribution in [2.45, 2.75) is 0 Å². The van der Waals surface area contributed by atoms with Crippen LogP contribution in [0, 0.1) is 22.7 Å². The molecule has 4 heteroatoms. The molecule has 0 spiro atoms. The molecule has 8 aromatic rings. The first-order chi connectivity index (χ1) is 20.8. The predicted octanol–water partition coefficient (Wildman–Crippen LogP) is 9.29. The topological polar surface area (TPSA) is 57.4 Å². The number of hydrogen-bond acceptors (Lipinski definition) is 2. The molecule has 2 aromatic heterocycles. The number of hydrogen-bond donors (Lipinski definition) is 0. The van der Waals surface area contributed by atoms with Crippen LogP contribution in [0.3, 0.4) is 0 Å². The summed E-state index contributed by atoms with van der Waals surface area (Å²) in [5.41, 5.74) is 9.92. The van der Waals surface area contributed by atoms with Crippen molar-refractivity contribution in [3.8, 4) is 34.6 Å². The van der Waals surface area contributed by atoms with E-state index in [1.54, 1.807) is 0 Å². The number of rotatable bonds is 3. The zero-order chi connectivity index (χ0) is 28.2. The number of fused-ring (bicyclic) bond motifs is 6. The molecule has 4 nitrogen and oxygen atoms in total. The summed E-state index contributed by atoms with van der Waals surface area (Å²) in [4.78, 5) is 0. The van der Waals surface area contributed by atoms with E-state index in [4.69, 9.17) is 0 Å². The minimum atomic E-state index is 0.640. The Labute approximate surface area is 242 Å². The third-order valence-electron chi connectivity index (χ3n) is 8.19. The molecule has 0 amide bonds. The Bertz CT molecular complexity index is 2430. The Balaban J connectivity index is 1.53. The van der Waals surface area contributed by atoms with Crippen LogP contribution in [0.1, 0.15) is 11.1 Å². The van der Waals surface area contributed by atoms with E-state index in [1.807, 2.05) is 36.4 Å². The SMILES string of the molecule is N#Cc1ccc(-c2ccccc2-n2c3ccccc3c3cccc(-n4c5ccccc5c5cc(C#N)ccc54)c32)cc1. The second-order valence-corrected chi connectivity index (χ2v) is 10.4. The van der Waals surface area contributed by atoms with E-state index in [2.05, 4.69) is 118 Å². The Morgan fingerprint density at radius 1 is 0.429 bits per heavy atom. The summed E-state index contributed by atoms with van der Waals surface area (Å²) in [6.07, 6.45) is 0. The fraction of sp³-hybridized carbons (Fsp3) is 0. The molecule has 8 rings (SSSR count). The number of para-hydroxylation sites is 4. The zero-order valence-corrected chi connectivity index (χ0v) is 22.5. The molecule has 0 N–H and O–H groups in total. The molecule has 42 heavy (non-hydrogen) atoms. The molecule has 0 radical (unpaired) electrons. The first-order valence-electron chi connectivity index (χ1n) is 13.8. The Kier molecular flexibility index (Phi) is 5.22. The van der Waals surface area contributed by atoms with E-state index in [1.165, 1.54) is 5.39 Å². The van der Waals surface area contributed by atoms with E-state index in [0.717, 1.165) is 60.7 Å². The van der Waals surface area contributed by atoms with Gasteiger partial charge < -0.3 is 9.13 Å². The third-order valence-corrected chi connectivity index (χ3v) is 8.19. The molecule has 6 aromatic carbocycles. The van der Waals surface area contributed by atoms with Crippen LogP contribution in [0.15, 0.2) is 133 Å². The summed E-state index contributed by atoms with van der Waals surface area (Å²) in [6.45, 7) is 0. The highest BCUT2D eigenvalue weighted by Gasteiger charge is 2.21. The highest BCUT2D eigenvalue weighted by Crippen LogP contribution is 2.41. The van der Waals surface area contributed by atoms with Crippen LogP contribution >= 0.6 is 0 Å². The van der Waals surface area contributed by atoms with Crippen molar-refractivity contribution in [2.75, 3.05) is 0 Å². The van der Waals surface area contributed by atoms with Crippen LogP contribution in [0.4, 0.5) is 0 Å². The van der Waals surface area contributed by atoms with Crippen molar-refractivity contribution in [1.82, 2.24) is 9.13 Å². The number of aromatic nitrogens is 2. The summed E-state index contributed by atoms with van der Waals surface area (Å²) < 4.78 is 4.70. The van der Waals surface area contributed by atoms with Crippen molar-refractivity contribution in [3.63, 3.8) is 0 Å². The van der Waals surface area contributed by atoms with Crippen molar-refractivity contribution in [3.05, 3.63) is 145 Å². The highest BCUT2D eigenvalue weighted by molar-refractivity contribution is 6.15. The average molecular weight is 535 g/mol. The third kappa shape index (κ3) is 3.40. The number of nitriles is 2. The number of benzene rings is 6. The van der Waals surface area contributed by atoms with Gasteiger partial charge in [0.2, 0.25) is 0 Å². The molecule has 0 aliphatic rings. The largest absolute Gasteiger partial charge is 0.307 e. The van der Waals surface area contributed by atoms with Gasteiger partial charge in [0.1, 0.15) is 0 Å². The molecular formula is C38H22N4. The second-order valence-electron chi connectivity index (χ2n) is 10.4. The van der Waals surface area contributed by atoms with Crippen LogP contribution in [0.2, 0.25) is 0 Å². The van der Waals surface area contributed by atoms with Gasteiger partial charge in [-0.15, -0.1) is 0 Å². The van der Waals surface area contributed by atoms with Gasteiger partial charge >= 0.3 is 0 Å². The molecule has 0 aliphatic heterocycles. The highest BCUT2D eigenvalue weighted by atomic mass is 15.1. The molecule has 0 bridgehead atoms. The normalized spacial score (nSPS) is 11.3. The predicted molar refractivity (Wildman–Crippen MR) is 170 cm³/mol. The minimum Gasteiger partial charge on any atom is -0.307 e. The van der Waals surface area contributed by atoms with Crippen molar-refractivity contribution >= 4 is 43.6 Å². The van der Waals surface area contributed by atoms with Crippen LogP contribution in [0.25, 0.3) is 66.1 Å². The fourth-order valence-electron chi connectivity index (χ4n) is 6.37. The van der Waals surface area contributed by atoms with Crippen LogP contribution in [0.5, 0.6) is 0 Å². The standard InChI is InChI=1S/C38H22N4/c39-23-25-16-19-27(20-17-25)28-8-1-4-12-33(28)42-35-14-6-2-9-29(35)31-11-7-15-37(38(31)42)41-34-13-5-3-10-30(34)32-22-26(24-40)18-21-36(32)41/h1-22H. The minimum absolute atomic E-state index is 0.640. The lowest BCUT2D eigenvalue weighted by atomic mass is 10.0. The van der Waals surface area contributed by atoms with Gasteiger partial charge in [-0.3, -0.25) is 0 Å². The monoisotopic (exact) mass is 534 g/mol. The van der Waals surface area contributed by atoms with Gasteiger partial charge in [-0.25, -0.2) is 0 Å². The molecule has 0 unspecified atom stereocenters. The zero-order valence-electron chi connectivity index (χ0n) is 22.5. The quantitative estimate of drug-likeness (QED) is 0.227. The molecule has 2 heterocycles. The van der Waals surface area contributed by atoms with Crippen molar-refractivity contribution in [2.24, 2.45) is 0 Å². The maximum atomic E-state index is 9.65. The number of nitrogens with zero attached hydrogens (tertiary/aromatic N) is 4. The van der Waals surface area contributed by atoms with E-state index in [9.17, 15) is 10.5 Å². The van der Waals surface area contributed by atoms with Gasteiger partial charge in [-0.1, -0.05) is 78.9 Å². The summed E-state index contributed by atoms with van der Waals surface area (Å²) in [6, 6.07) is 50.2. The van der Waals surface area contributed by atoms with Crippen molar-refractivity contribution in [1.29, 1.82) is 10.5 Å². The summed E-state index contributed by atoms with van der Waals surface area (Å²) in [5.74, 6) is 0. The maximum Gasteiger partial charge on any atom is 0.0991 e. The van der Waals surface area contributed by atoms with Crippen LogP contribution < -0.4 is 0 Å². The fourth-order valence-corrected chi connectivity index (χ4v) is 6.37. The molecule has 0 atom stereocenters. The Hall–Kier alpha value is -6.10. The Morgan fingerprint density at radius 2 is 1.00 bits per heavy atom. The van der Waals surface area contributed by atoms with Crippen molar-refractivity contribution < 1.29 is 0 Å². The van der Waals surface area contributed by atoms with E-state index < -0.39 is 0 Å². The molecule has 0 fully saturated rings. The van der Waals surface area contributed by atoms with Crippen LogP contribution in [-0.2, 0) is 0 Å². The van der Waals surface area contributed by atoms with Gasteiger partial charge in [0.25, 0.3) is 0 Å². The lowest BCUT2D eigenvalue weighted by Gasteiger charge is -2.17. The van der Waals surface area contributed by atoms with Gasteiger partial charge in [0, 0.05) is 27.1 Å². The lowest BCUT2D eigenvalue weighted by Crippen LogP contribution is -2.02. The van der Waals surface area contributed by atoms with Gasteiger partial charge in [0.05, 0.1) is 56.7 Å². The smallest absolute Gasteiger partial charge is 0.0991 e. The second kappa shape index (κ2) is 9.24. The van der Waals surface area contributed by atoms with Crippen LogP contribution in [-0.4, -0.2) is 9.13 Å². The van der Waals surface area contributed by atoms with Gasteiger partial charge in [-0.05, 0) is 60.2 Å².